The zero-order valence-corrected chi connectivity index (χ0v) is 10.6. The molecule has 2 rings (SSSR count). The van der Waals surface area contributed by atoms with Crippen molar-refractivity contribution in [2.45, 2.75) is 47.0 Å². The highest BCUT2D eigenvalue weighted by Gasteiger charge is 2.35. The fourth-order valence-electron chi connectivity index (χ4n) is 3.49. The van der Waals surface area contributed by atoms with Gasteiger partial charge in [-0.05, 0) is 56.8 Å². The summed E-state index contributed by atoms with van der Waals surface area (Å²) in [4.78, 5) is 0. The summed E-state index contributed by atoms with van der Waals surface area (Å²) in [5.41, 5.74) is 3.28. The molecule has 0 saturated carbocycles. The van der Waals surface area contributed by atoms with Crippen LogP contribution in [0.2, 0.25) is 0 Å². The van der Waals surface area contributed by atoms with Crippen LogP contribution in [0.15, 0.2) is 23.3 Å². The molecular formula is C15H24. The van der Waals surface area contributed by atoms with Crippen LogP contribution in [0.1, 0.15) is 47.0 Å². The Morgan fingerprint density at radius 3 is 2.53 bits per heavy atom. The van der Waals surface area contributed by atoms with Gasteiger partial charge in [-0.3, -0.25) is 0 Å². The summed E-state index contributed by atoms with van der Waals surface area (Å²) in [6.07, 6.45) is 8.92. The molecule has 0 amide bonds. The lowest BCUT2D eigenvalue weighted by Gasteiger charge is -2.42. The second-order valence-electron chi connectivity index (χ2n) is 5.85. The second-order valence-corrected chi connectivity index (χ2v) is 5.85. The van der Waals surface area contributed by atoms with Gasteiger partial charge in [-0.1, -0.05) is 37.1 Å². The summed E-state index contributed by atoms with van der Waals surface area (Å²) in [5.74, 6) is 3.55. The summed E-state index contributed by atoms with van der Waals surface area (Å²) in [5, 5.41) is 0. The van der Waals surface area contributed by atoms with Gasteiger partial charge in [0.15, 0.2) is 0 Å². The van der Waals surface area contributed by atoms with Gasteiger partial charge >= 0.3 is 0 Å². The predicted octanol–water partition coefficient (Wildman–Crippen LogP) is 4.58. The van der Waals surface area contributed by atoms with Gasteiger partial charge in [-0.2, -0.15) is 0 Å². The maximum atomic E-state index is 2.50. The first-order valence-corrected chi connectivity index (χ1v) is 6.42. The molecule has 0 radical (unpaired) electrons. The minimum absolute atomic E-state index is 0.841. The molecule has 0 aromatic carbocycles. The zero-order valence-electron chi connectivity index (χ0n) is 10.6. The molecule has 84 valence electrons. The largest absolute Gasteiger partial charge is 0.0850 e. The van der Waals surface area contributed by atoms with E-state index in [2.05, 4.69) is 39.8 Å². The Hall–Kier alpha value is -0.520. The van der Waals surface area contributed by atoms with Gasteiger partial charge in [-0.15, -0.1) is 0 Å². The number of fused-ring (bicyclic) bond motifs is 1. The van der Waals surface area contributed by atoms with Gasteiger partial charge in [0.1, 0.15) is 0 Å². The van der Waals surface area contributed by atoms with Crippen LogP contribution >= 0.6 is 0 Å². The third-order valence-corrected chi connectivity index (χ3v) is 4.50. The van der Waals surface area contributed by atoms with Gasteiger partial charge in [0.2, 0.25) is 0 Å². The number of rotatable bonds is 1. The van der Waals surface area contributed by atoms with Gasteiger partial charge in [0, 0.05) is 0 Å². The van der Waals surface area contributed by atoms with Gasteiger partial charge in [-0.25, -0.2) is 0 Å². The predicted molar refractivity (Wildman–Crippen MR) is 66.7 cm³/mol. The summed E-state index contributed by atoms with van der Waals surface area (Å²) < 4.78 is 0. The maximum absolute atomic E-state index is 2.50. The summed E-state index contributed by atoms with van der Waals surface area (Å²) in [7, 11) is 0. The second kappa shape index (κ2) is 4.15. The Morgan fingerprint density at radius 1 is 1.13 bits per heavy atom. The van der Waals surface area contributed by atoms with Crippen molar-refractivity contribution in [1.82, 2.24) is 0 Å². The Labute approximate surface area is 94.5 Å². The lowest BCUT2D eigenvalue weighted by atomic mass is 9.63. The van der Waals surface area contributed by atoms with Crippen LogP contribution < -0.4 is 0 Å². The van der Waals surface area contributed by atoms with Crippen molar-refractivity contribution < 1.29 is 0 Å². The van der Waals surface area contributed by atoms with E-state index in [1.54, 1.807) is 11.1 Å². The molecule has 0 spiro atoms. The van der Waals surface area contributed by atoms with Gasteiger partial charge < -0.3 is 0 Å². The first kappa shape index (κ1) is 11.0. The molecule has 0 fully saturated rings. The third kappa shape index (κ3) is 2.04. The summed E-state index contributed by atoms with van der Waals surface area (Å²) in [6.45, 7) is 9.43. The summed E-state index contributed by atoms with van der Waals surface area (Å²) >= 11 is 0. The fraction of sp³-hybridized carbons (Fsp3) is 0.733. The van der Waals surface area contributed by atoms with Crippen LogP contribution in [0.25, 0.3) is 0 Å². The van der Waals surface area contributed by atoms with E-state index < -0.39 is 0 Å². The number of allylic oxidation sites excluding steroid dienone is 4. The standard InChI is InChI=1S/C15H24/c1-10(2)13-8-6-12(4)14-7-5-11(3)9-15(13)14/h5-6,10,13-15H,7-9H2,1-4H3/t13-,14?,15?/m0/s1. The van der Waals surface area contributed by atoms with Crippen LogP contribution in [-0.4, -0.2) is 0 Å². The average Bonchev–Trinajstić information content (AvgIpc) is 2.17. The van der Waals surface area contributed by atoms with E-state index >= 15 is 0 Å². The molecule has 0 aliphatic heterocycles. The average molecular weight is 204 g/mol. The van der Waals surface area contributed by atoms with E-state index in [9.17, 15) is 0 Å². The normalized spacial score (nSPS) is 35.9. The lowest BCUT2D eigenvalue weighted by Crippen LogP contribution is -2.32. The Bertz CT molecular complexity index is 293. The van der Waals surface area contributed by atoms with E-state index in [4.69, 9.17) is 0 Å². The minimum Gasteiger partial charge on any atom is -0.0850 e. The molecule has 0 aromatic heterocycles. The SMILES string of the molecule is CC1=CCC2C(C)=CC[C@@H](C(C)C)C2C1. The molecule has 2 aliphatic carbocycles. The van der Waals surface area contributed by atoms with Crippen molar-refractivity contribution >= 4 is 0 Å². The highest BCUT2D eigenvalue weighted by Crippen LogP contribution is 2.45. The van der Waals surface area contributed by atoms with Gasteiger partial charge in [0.05, 0.1) is 0 Å². The molecular weight excluding hydrogens is 180 g/mol. The molecule has 2 aliphatic rings. The van der Waals surface area contributed by atoms with E-state index in [0.29, 0.717) is 0 Å². The minimum atomic E-state index is 0.841. The molecule has 0 heteroatoms. The van der Waals surface area contributed by atoms with Crippen LogP contribution in [0.4, 0.5) is 0 Å². The van der Waals surface area contributed by atoms with Crippen LogP contribution in [0, 0.1) is 23.7 Å². The monoisotopic (exact) mass is 204 g/mol. The van der Waals surface area contributed by atoms with Gasteiger partial charge in [0.25, 0.3) is 0 Å². The summed E-state index contributed by atoms with van der Waals surface area (Å²) in [6, 6.07) is 0. The first-order valence-electron chi connectivity index (χ1n) is 6.42. The zero-order chi connectivity index (χ0) is 11.0. The molecule has 0 saturated heterocycles. The lowest BCUT2D eigenvalue weighted by molar-refractivity contribution is 0.175. The number of hydrogen-bond donors (Lipinski definition) is 0. The van der Waals surface area contributed by atoms with Crippen molar-refractivity contribution in [1.29, 1.82) is 0 Å². The van der Waals surface area contributed by atoms with E-state index in [-0.39, 0.29) is 0 Å². The Morgan fingerprint density at radius 2 is 1.87 bits per heavy atom. The van der Waals surface area contributed by atoms with Crippen molar-refractivity contribution in [3.05, 3.63) is 23.3 Å². The molecule has 0 bridgehead atoms. The third-order valence-electron chi connectivity index (χ3n) is 4.50. The van der Waals surface area contributed by atoms with Crippen molar-refractivity contribution in [2.24, 2.45) is 23.7 Å². The quantitative estimate of drug-likeness (QED) is 0.548. The Balaban J connectivity index is 2.24. The molecule has 0 aromatic rings. The molecule has 2 unspecified atom stereocenters. The topological polar surface area (TPSA) is 0 Å². The maximum Gasteiger partial charge on any atom is -0.0137 e. The number of hydrogen-bond acceptors (Lipinski definition) is 0. The van der Waals surface area contributed by atoms with Crippen molar-refractivity contribution in [3.8, 4) is 0 Å². The van der Waals surface area contributed by atoms with E-state index in [1.165, 1.54) is 19.3 Å². The van der Waals surface area contributed by atoms with Crippen LogP contribution in [0.5, 0.6) is 0 Å². The fourth-order valence-corrected chi connectivity index (χ4v) is 3.49. The van der Waals surface area contributed by atoms with E-state index in [1.807, 2.05) is 0 Å². The van der Waals surface area contributed by atoms with Crippen LogP contribution in [-0.2, 0) is 0 Å². The van der Waals surface area contributed by atoms with Crippen molar-refractivity contribution in [2.75, 3.05) is 0 Å². The van der Waals surface area contributed by atoms with Crippen molar-refractivity contribution in [3.63, 3.8) is 0 Å². The Kier molecular flexibility index (Phi) is 3.04. The van der Waals surface area contributed by atoms with Crippen LogP contribution in [0.3, 0.4) is 0 Å². The molecule has 0 heterocycles. The first-order chi connectivity index (χ1) is 7.09. The molecule has 0 nitrogen and oxygen atoms in total. The van der Waals surface area contributed by atoms with E-state index in [0.717, 1.165) is 23.7 Å². The molecule has 0 N–H and O–H groups in total. The highest BCUT2D eigenvalue weighted by atomic mass is 14.4. The molecule has 3 atom stereocenters. The smallest absolute Gasteiger partial charge is 0.0137 e. The highest BCUT2D eigenvalue weighted by molar-refractivity contribution is 5.19. The molecule has 15 heavy (non-hydrogen) atoms.